The van der Waals surface area contributed by atoms with E-state index in [2.05, 4.69) is 29.4 Å². The molecule has 1 saturated heterocycles. The normalized spacial score (nSPS) is 11.0. The molecule has 2 aromatic carbocycles. The Kier molecular flexibility index (Phi) is 14.7. The number of benzene rings is 2. The van der Waals surface area contributed by atoms with Gasteiger partial charge in [0.1, 0.15) is 5.75 Å². The first-order valence-corrected chi connectivity index (χ1v) is 8.97. The molecule has 150 valence electrons. The third-order valence-electron chi connectivity index (χ3n) is 3.41. The van der Waals surface area contributed by atoms with Crippen molar-refractivity contribution in [2.75, 3.05) is 6.54 Å². The number of carbonyl (C=O) groups is 1. The van der Waals surface area contributed by atoms with Crippen molar-refractivity contribution >= 4 is 18.3 Å². The highest BCUT2D eigenvalue weighted by Crippen LogP contribution is 2.08. The fraction of sp³-hybridized carbons (Fsp3) is 0.217. The van der Waals surface area contributed by atoms with Crippen LogP contribution in [0, 0.1) is 13.8 Å². The lowest BCUT2D eigenvalue weighted by Gasteiger charge is -1.89. The number of hydrogen-bond acceptors (Lipinski definition) is 3. The zero-order chi connectivity index (χ0) is 19.7. The molecule has 4 rings (SSSR count). The van der Waals surface area contributed by atoms with Crippen molar-refractivity contribution in [1.82, 2.24) is 10.3 Å². The zero-order valence-corrected chi connectivity index (χ0v) is 17.2. The van der Waals surface area contributed by atoms with Gasteiger partial charge in [-0.2, -0.15) is 0 Å². The molecule has 5 heteroatoms. The first-order valence-electron chi connectivity index (χ1n) is 8.97. The number of phenolic OH excluding ortho intramolecular Hbond substituents is 1. The molecule has 3 aromatic rings. The van der Waals surface area contributed by atoms with Crippen LogP contribution in [0.3, 0.4) is 0 Å². The van der Waals surface area contributed by atoms with Crippen LogP contribution < -0.4 is 5.32 Å². The van der Waals surface area contributed by atoms with Gasteiger partial charge in [0.25, 0.3) is 0 Å². The van der Waals surface area contributed by atoms with Crippen molar-refractivity contribution in [2.24, 2.45) is 0 Å². The fourth-order valence-electron chi connectivity index (χ4n) is 2.04. The average Bonchev–Trinajstić information content (AvgIpc) is 3.16. The summed E-state index contributed by atoms with van der Waals surface area (Å²) in [5.74, 6) is 0.542. The van der Waals surface area contributed by atoms with E-state index in [0.29, 0.717) is 5.75 Å². The van der Waals surface area contributed by atoms with Crippen LogP contribution in [0.5, 0.6) is 5.75 Å². The number of rotatable bonds is 0. The maximum atomic E-state index is 10.1. The van der Waals surface area contributed by atoms with E-state index < -0.39 is 0 Å². The summed E-state index contributed by atoms with van der Waals surface area (Å²) in [4.78, 5) is 13.9. The lowest BCUT2D eigenvalue weighted by Crippen LogP contribution is -2.12. The summed E-state index contributed by atoms with van der Waals surface area (Å²) in [5, 5.41) is 11.5. The van der Waals surface area contributed by atoms with E-state index in [9.17, 15) is 4.79 Å². The molecule has 0 saturated carbocycles. The Bertz CT molecular complexity index is 701. The number of aromatic nitrogens is 1. The lowest BCUT2D eigenvalue weighted by molar-refractivity contribution is -0.119. The maximum absolute atomic E-state index is 10.1. The quantitative estimate of drug-likeness (QED) is 0.552. The van der Waals surface area contributed by atoms with Crippen LogP contribution in [0.4, 0.5) is 0 Å². The monoisotopic (exact) mass is 400 g/mol. The second kappa shape index (κ2) is 16.3. The van der Waals surface area contributed by atoms with E-state index in [4.69, 9.17) is 5.11 Å². The number of aromatic hydroxyl groups is 1. The van der Waals surface area contributed by atoms with Crippen molar-refractivity contribution < 1.29 is 9.90 Å². The highest BCUT2D eigenvalue weighted by molar-refractivity contribution is 5.85. The van der Waals surface area contributed by atoms with Crippen LogP contribution in [0.1, 0.15) is 24.0 Å². The minimum Gasteiger partial charge on any atom is -0.508 e. The molecule has 0 aliphatic carbocycles. The standard InChI is InChI=1S/C7H8O.C7H8.C5H5N.C4H7NO.ClH/c1-6-3-2-4-7(8)5-6;1-7-5-3-2-4-6-7;1-2-4-6-5-3-1;6-4-2-1-3-5-4;/h2-5,8H,1H3;2-6H,1H3;1-5H;1-3H2,(H,5,6);1H. The summed E-state index contributed by atoms with van der Waals surface area (Å²) in [6, 6.07) is 23.1. The Morgan fingerprint density at radius 2 is 1.46 bits per heavy atom. The predicted octanol–water partition coefficient (Wildman–Crippen LogP) is 5.10. The molecule has 1 aliphatic rings. The average molecular weight is 401 g/mol. The maximum Gasteiger partial charge on any atom is 0.220 e. The van der Waals surface area contributed by atoms with Gasteiger partial charge in [-0.05, 0) is 50.1 Å². The first kappa shape index (κ1) is 25.1. The van der Waals surface area contributed by atoms with Gasteiger partial charge in [-0.15, -0.1) is 12.4 Å². The molecule has 0 spiro atoms. The molecule has 1 aromatic heterocycles. The SMILES string of the molecule is Cc1cccc(O)c1.Cc1ccccc1.Cl.O=C1CCCN1.c1ccncc1. The van der Waals surface area contributed by atoms with Crippen LogP contribution in [0.2, 0.25) is 0 Å². The summed E-state index contributed by atoms with van der Waals surface area (Å²) in [6.45, 7) is 4.92. The highest BCUT2D eigenvalue weighted by Gasteiger charge is 2.05. The number of aryl methyl sites for hydroxylation is 2. The number of nitrogens with one attached hydrogen (secondary N) is 1. The van der Waals surface area contributed by atoms with Gasteiger partial charge in [-0.25, -0.2) is 0 Å². The van der Waals surface area contributed by atoms with Crippen molar-refractivity contribution in [3.05, 3.63) is 96.3 Å². The summed E-state index contributed by atoms with van der Waals surface area (Å²) < 4.78 is 0. The number of phenols is 1. The smallest absolute Gasteiger partial charge is 0.220 e. The number of amides is 1. The van der Waals surface area contributed by atoms with Crippen LogP contribution >= 0.6 is 12.4 Å². The third-order valence-corrected chi connectivity index (χ3v) is 3.41. The largest absolute Gasteiger partial charge is 0.508 e. The summed E-state index contributed by atoms with van der Waals surface area (Å²) in [5.41, 5.74) is 2.41. The Balaban J connectivity index is 0.000000345. The molecule has 2 heterocycles. The third kappa shape index (κ3) is 14.3. The number of pyridine rings is 1. The van der Waals surface area contributed by atoms with Crippen molar-refractivity contribution in [3.8, 4) is 5.75 Å². The molecule has 0 atom stereocenters. The van der Waals surface area contributed by atoms with Gasteiger partial charge in [-0.3, -0.25) is 9.78 Å². The number of carbonyl (C=O) groups excluding carboxylic acids is 1. The van der Waals surface area contributed by atoms with Crippen molar-refractivity contribution in [1.29, 1.82) is 0 Å². The summed E-state index contributed by atoms with van der Waals surface area (Å²) >= 11 is 0. The second-order valence-corrected chi connectivity index (χ2v) is 5.97. The predicted molar refractivity (Wildman–Crippen MR) is 118 cm³/mol. The van der Waals surface area contributed by atoms with Gasteiger partial charge in [0.2, 0.25) is 5.91 Å². The van der Waals surface area contributed by atoms with Crippen LogP contribution in [0.15, 0.2) is 85.2 Å². The van der Waals surface area contributed by atoms with E-state index in [-0.39, 0.29) is 18.3 Å². The minimum absolute atomic E-state index is 0. The van der Waals surface area contributed by atoms with E-state index in [1.807, 2.05) is 55.5 Å². The van der Waals surface area contributed by atoms with Crippen molar-refractivity contribution in [2.45, 2.75) is 26.7 Å². The topological polar surface area (TPSA) is 62.2 Å². The molecule has 0 bridgehead atoms. The fourth-order valence-corrected chi connectivity index (χ4v) is 2.04. The molecule has 4 nitrogen and oxygen atoms in total. The molecular weight excluding hydrogens is 372 g/mol. The Hall–Kier alpha value is -2.85. The Morgan fingerprint density at radius 1 is 0.857 bits per heavy atom. The number of hydrogen-bond donors (Lipinski definition) is 2. The van der Waals surface area contributed by atoms with E-state index in [0.717, 1.165) is 24.9 Å². The highest BCUT2D eigenvalue weighted by atomic mass is 35.5. The van der Waals surface area contributed by atoms with Crippen LogP contribution in [-0.4, -0.2) is 22.5 Å². The number of halogens is 1. The van der Waals surface area contributed by atoms with Gasteiger partial charge in [-0.1, -0.05) is 54.1 Å². The van der Waals surface area contributed by atoms with Gasteiger partial charge >= 0.3 is 0 Å². The van der Waals surface area contributed by atoms with Crippen molar-refractivity contribution in [3.63, 3.8) is 0 Å². The lowest BCUT2D eigenvalue weighted by atomic mass is 10.2. The van der Waals surface area contributed by atoms with Crippen LogP contribution in [0.25, 0.3) is 0 Å². The molecule has 1 amide bonds. The molecule has 1 aliphatic heterocycles. The van der Waals surface area contributed by atoms with Gasteiger partial charge < -0.3 is 10.4 Å². The van der Waals surface area contributed by atoms with Gasteiger partial charge in [0, 0.05) is 25.4 Å². The van der Waals surface area contributed by atoms with Crippen LogP contribution in [-0.2, 0) is 4.79 Å². The minimum atomic E-state index is 0. The summed E-state index contributed by atoms with van der Waals surface area (Å²) in [6.07, 6.45) is 5.26. The van der Waals surface area contributed by atoms with E-state index >= 15 is 0 Å². The molecule has 0 radical (unpaired) electrons. The van der Waals surface area contributed by atoms with Gasteiger partial charge in [0.05, 0.1) is 0 Å². The molecule has 1 fully saturated rings. The Morgan fingerprint density at radius 3 is 1.71 bits per heavy atom. The molecule has 28 heavy (non-hydrogen) atoms. The molecule has 2 N–H and O–H groups in total. The molecular formula is C23H29ClN2O2. The number of nitrogens with zero attached hydrogens (tertiary/aromatic N) is 1. The first-order chi connectivity index (χ1) is 13.1. The molecule has 0 unspecified atom stereocenters. The van der Waals surface area contributed by atoms with E-state index in [1.54, 1.807) is 24.5 Å². The Labute approximate surface area is 174 Å². The summed E-state index contributed by atoms with van der Waals surface area (Å²) in [7, 11) is 0. The van der Waals surface area contributed by atoms with Gasteiger partial charge in [0.15, 0.2) is 0 Å². The zero-order valence-electron chi connectivity index (χ0n) is 16.4. The second-order valence-electron chi connectivity index (χ2n) is 5.97. The van der Waals surface area contributed by atoms with E-state index in [1.165, 1.54) is 5.56 Å².